The first kappa shape index (κ1) is 9.70. The van der Waals surface area contributed by atoms with Crippen molar-refractivity contribution in [1.29, 1.82) is 0 Å². The van der Waals surface area contributed by atoms with Crippen LogP contribution < -0.4 is 0 Å². The lowest BCUT2D eigenvalue weighted by atomic mass is 9.91. The number of rotatable bonds is 2. The lowest BCUT2D eigenvalue weighted by Crippen LogP contribution is -2.35. The summed E-state index contributed by atoms with van der Waals surface area (Å²) in [6, 6.07) is -0.822. The van der Waals surface area contributed by atoms with Crippen molar-refractivity contribution in [1.82, 2.24) is 0 Å². The molecule has 0 saturated heterocycles. The van der Waals surface area contributed by atoms with Crippen LogP contribution in [0.3, 0.4) is 0 Å². The SMILES string of the molecule is COC(=O)C1C=CCCC1[N+](=O)[O-]. The lowest BCUT2D eigenvalue weighted by Gasteiger charge is -2.18. The van der Waals surface area contributed by atoms with Gasteiger partial charge in [-0.3, -0.25) is 14.9 Å². The number of nitro groups is 1. The summed E-state index contributed by atoms with van der Waals surface area (Å²) < 4.78 is 4.48. The number of nitrogens with zero attached hydrogens (tertiary/aromatic N) is 1. The van der Waals surface area contributed by atoms with Crippen LogP contribution in [0.25, 0.3) is 0 Å². The highest BCUT2D eigenvalue weighted by atomic mass is 16.6. The molecule has 0 aromatic carbocycles. The molecule has 5 heteroatoms. The quantitative estimate of drug-likeness (QED) is 0.276. The minimum Gasteiger partial charge on any atom is -0.468 e. The van der Waals surface area contributed by atoms with Crippen LogP contribution in [0.2, 0.25) is 0 Å². The number of carbonyl (C=O) groups is 1. The van der Waals surface area contributed by atoms with Gasteiger partial charge >= 0.3 is 5.97 Å². The molecular weight excluding hydrogens is 174 g/mol. The van der Waals surface area contributed by atoms with Crippen LogP contribution in [0.4, 0.5) is 0 Å². The minimum atomic E-state index is -0.822. The van der Waals surface area contributed by atoms with Crippen molar-refractivity contribution in [3.8, 4) is 0 Å². The van der Waals surface area contributed by atoms with Crippen molar-refractivity contribution in [3.05, 3.63) is 22.3 Å². The Labute approximate surface area is 75.5 Å². The van der Waals surface area contributed by atoms with Gasteiger partial charge in [0.1, 0.15) is 5.92 Å². The fourth-order valence-electron chi connectivity index (χ4n) is 1.43. The molecule has 0 bridgehead atoms. The molecule has 0 spiro atoms. The summed E-state index contributed by atoms with van der Waals surface area (Å²) in [5.74, 6) is -1.24. The van der Waals surface area contributed by atoms with E-state index in [1.165, 1.54) is 7.11 Å². The van der Waals surface area contributed by atoms with E-state index in [2.05, 4.69) is 4.74 Å². The van der Waals surface area contributed by atoms with Gasteiger partial charge in [-0.1, -0.05) is 12.2 Å². The zero-order chi connectivity index (χ0) is 9.84. The fourth-order valence-corrected chi connectivity index (χ4v) is 1.43. The molecule has 0 aliphatic heterocycles. The van der Waals surface area contributed by atoms with Gasteiger partial charge in [-0.2, -0.15) is 0 Å². The zero-order valence-corrected chi connectivity index (χ0v) is 7.30. The van der Waals surface area contributed by atoms with Crippen molar-refractivity contribution >= 4 is 5.97 Å². The minimum absolute atomic E-state index is 0.406. The predicted molar refractivity (Wildman–Crippen MR) is 44.7 cm³/mol. The van der Waals surface area contributed by atoms with E-state index in [0.29, 0.717) is 12.8 Å². The fraction of sp³-hybridized carbons (Fsp3) is 0.625. The lowest BCUT2D eigenvalue weighted by molar-refractivity contribution is -0.528. The smallest absolute Gasteiger partial charge is 0.319 e. The number of hydrogen-bond acceptors (Lipinski definition) is 4. The van der Waals surface area contributed by atoms with Crippen molar-refractivity contribution < 1.29 is 14.5 Å². The number of methoxy groups -OCH3 is 1. The molecule has 0 amide bonds. The van der Waals surface area contributed by atoms with Crippen LogP contribution in [0.5, 0.6) is 0 Å². The summed E-state index contributed by atoms with van der Waals surface area (Å²) in [6.07, 6.45) is 4.40. The summed E-state index contributed by atoms with van der Waals surface area (Å²) in [4.78, 5) is 21.2. The summed E-state index contributed by atoms with van der Waals surface area (Å²) in [7, 11) is 1.24. The standard InChI is InChI=1S/C8H11NO4/c1-13-8(10)6-4-2-3-5-7(6)9(11)12/h2,4,6-7H,3,5H2,1H3. The van der Waals surface area contributed by atoms with E-state index in [1.807, 2.05) is 0 Å². The van der Waals surface area contributed by atoms with Crippen molar-refractivity contribution in [3.63, 3.8) is 0 Å². The molecule has 1 aliphatic carbocycles. The molecule has 0 saturated carbocycles. The largest absolute Gasteiger partial charge is 0.468 e. The van der Waals surface area contributed by atoms with Crippen molar-refractivity contribution in [2.24, 2.45) is 5.92 Å². The van der Waals surface area contributed by atoms with Gasteiger partial charge < -0.3 is 4.74 Å². The number of hydrogen-bond donors (Lipinski definition) is 0. The van der Waals surface area contributed by atoms with Crippen LogP contribution >= 0.6 is 0 Å². The molecule has 2 atom stereocenters. The van der Waals surface area contributed by atoms with Gasteiger partial charge in [0, 0.05) is 11.3 Å². The molecule has 0 radical (unpaired) electrons. The van der Waals surface area contributed by atoms with Crippen LogP contribution in [0.15, 0.2) is 12.2 Å². The first-order valence-electron chi connectivity index (χ1n) is 4.05. The van der Waals surface area contributed by atoms with Crippen LogP contribution in [0, 0.1) is 16.0 Å². The zero-order valence-electron chi connectivity index (χ0n) is 7.30. The third-order valence-corrected chi connectivity index (χ3v) is 2.13. The van der Waals surface area contributed by atoms with Gasteiger partial charge in [-0.25, -0.2) is 0 Å². The summed E-state index contributed by atoms with van der Waals surface area (Å²) >= 11 is 0. The Hall–Kier alpha value is -1.39. The highest BCUT2D eigenvalue weighted by Gasteiger charge is 2.37. The normalized spacial score (nSPS) is 26.8. The van der Waals surface area contributed by atoms with Gasteiger partial charge in [-0.05, 0) is 6.42 Å². The van der Waals surface area contributed by atoms with E-state index in [1.54, 1.807) is 12.2 Å². The van der Waals surface area contributed by atoms with Gasteiger partial charge in [0.25, 0.3) is 0 Å². The summed E-state index contributed by atoms with van der Waals surface area (Å²) in [5, 5.41) is 10.5. The highest BCUT2D eigenvalue weighted by Crippen LogP contribution is 2.21. The summed E-state index contributed by atoms with van der Waals surface area (Å²) in [5.41, 5.74) is 0. The molecule has 1 aliphatic rings. The molecule has 5 nitrogen and oxygen atoms in total. The third kappa shape index (κ3) is 2.05. The van der Waals surface area contributed by atoms with E-state index >= 15 is 0 Å². The number of carbonyl (C=O) groups excluding carboxylic acids is 1. The maximum atomic E-state index is 11.1. The average Bonchev–Trinajstić information content (AvgIpc) is 2.16. The second kappa shape index (κ2) is 4.02. The molecule has 2 unspecified atom stereocenters. The van der Waals surface area contributed by atoms with Crippen LogP contribution in [-0.4, -0.2) is 24.0 Å². The van der Waals surface area contributed by atoms with E-state index in [0.717, 1.165) is 0 Å². The number of esters is 1. The van der Waals surface area contributed by atoms with Gasteiger partial charge in [-0.15, -0.1) is 0 Å². The van der Waals surface area contributed by atoms with E-state index in [-0.39, 0.29) is 0 Å². The monoisotopic (exact) mass is 185 g/mol. The van der Waals surface area contributed by atoms with Crippen LogP contribution in [-0.2, 0) is 9.53 Å². The maximum Gasteiger partial charge on any atom is 0.319 e. The number of ether oxygens (including phenoxy) is 1. The van der Waals surface area contributed by atoms with Gasteiger partial charge in [0.05, 0.1) is 7.11 Å². The summed E-state index contributed by atoms with van der Waals surface area (Å²) in [6.45, 7) is 0. The molecule has 0 N–H and O–H groups in total. The molecule has 0 fully saturated rings. The first-order chi connectivity index (χ1) is 6.16. The second-order valence-electron chi connectivity index (χ2n) is 2.91. The molecule has 72 valence electrons. The molecular formula is C8H11NO4. The molecule has 0 heterocycles. The molecule has 0 aromatic rings. The molecule has 0 aromatic heterocycles. The van der Waals surface area contributed by atoms with Crippen molar-refractivity contribution in [2.45, 2.75) is 18.9 Å². The Morgan fingerprint density at radius 1 is 1.69 bits per heavy atom. The average molecular weight is 185 g/mol. The van der Waals surface area contributed by atoms with Crippen molar-refractivity contribution in [2.75, 3.05) is 7.11 Å². The molecule has 1 rings (SSSR count). The first-order valence-corrected chi connectivity index (χ1v) is 4.05. The maximum absolute atomic E-state index is 11.1. The molecule has 13 heavy (non-hydrogen) atoms. The topological polar surface area (TPSA) is 69.4 Å². The highest BCUT2D eigenvalue weighted by molar-refractivity contribution is 5.75. The van der Waals surface area contributed by atoms with Gasteiger partial charge in [0.2, 0.25) is 6.04 Å². The third-order valence-electron chi connectivity index (χ3n) is 2.13. The van der Waals surface area contributed by atoms with E-state index in [9.17, 15) is 14.9 Å². The Kier molecular flexibility index (Phi) is 3.00. The van der Waals surface area contributed by atoms with E-state index < -0.39 is 22.9 Å². The van der Waals surface area contributed by atoms with Crippen LogP contribution in [0.1, 0.15) is 12.8 Å². The Morgan fingerprint density at radius 2 is 2.38 bits per heavy atom. The Bertz CT molecular complexity index is 249. The predicted octanol–water partition coefficient (Wildman–Crippen LogP) is 0.771. The Morgan fingerprint density at radius 3 is 2.92 bits per heavy atom. The Balaban J connectivity index is 2.77. The van der Waals surface area contributed by atoms with E-state index in [4.69, 9.17) is 0 Å². The number of allylic oxidation sites excluding steroid dienone is 1. The van der Waals surface area contributed by atoms with Gasteiger partial charge in [0.15, 0.2) is 0 Å². The second-order valence-corrected chi connectivity index (χ2v) is 2.91.